The van der Waals surface area contributed by atoms with E-state index in [-0.39, 0.29) is 18.3 Å². The number of thiazole rings is 1. The van der Waals surface area contributed by atoms with Crippen LogP contribution >= 0.6 is 23.7 Å². The van der Waals surface area contributed by atoms with Gasteiger partial charge in [-0.15, -0.1) is 23.7 Å². The molecule has 28 heavy (non-hydrogen) atoms. The molecular formula is C19H16ClN5O2S. The van der Waals surface area contributed by atoms with E-state index in [4.69, 9.17) is 4.74 Å². The van der Waals surface area contributed by atoms with Crippen molar-refractivity contribution in [3.05, 3.63) is 66.1 Å². The van der Waals surface area contributed by atoms with E-state index in [9.17, 15) is 4.79 Å². The Kier molecular flexibility index (Phi) is 6.03. The van der Waals surface area contributed by atoms with Gasteiger partial charge in [0.1, 0.15) is 23.0 Å². The number of hydrogen-bond donors (Lipinski definition) is 2. The number of rotatable bonds is 5. The Bertz CT molecular complexity index is 1070. The lowest BCUT2D eigenvalue weighted by molar-refractivity contribution is 0.102. The molecule has 0 saturated heterocycles. The van der Waals surface area contributed by atoms with Crippen molar-refractivity contribution in [1.82, 2.24) is 19.9 Å². The number of hydrogen-bond acceptors (Lipinski definition) is 6. The molecule has 3 aromatic heterocycles. The third-order valence-corrected chi connectivity index (χ3v) is 4.57. The average Bonchev–Trinajstić information content (AvgIpc) is 3.38. The number of benzene rings is 1. The third kappa shape index (κ3) is 4.03. The van der Waals surface area contributed by atoms with Crippen molar-refractivity contribution < 1.29 is 9.53 Å². The van der Waals surface area contributed by atoms with E-state index < -0.39 is 0 Å². The number of methoxy groups -OCH3 is 1. The molecule has 4 rings (SSSR count). The summed E-state index contributed by atoms with van der Waals surface area (Å²) < 4.78 is 5.28. The number of carbonyl (C=O) groups is 1. The molecule has 0 atom stereocenters. The van der Waals surface area contributed by atoms with Crippen LogP contribution in [-0.4, -0.2) is 33.0 Å². The number of H-pyrrole nitrogens is 1. The fourth-order valence-corrected chi connectivity index (χ4v) is 3.13. The van der Waals surface area contributed by atoms with Gasteiger partial charge in [-0.05, 0) is 24.3 Å². The lowest BCUT2D eigenvalue weighted by atomic mass is 10.1. The molecule has 0 bridgehead atoms. The fraction of sp³-hybridized carbons (Fsp3) is 0.0526. The summed E-state index contributed by atoms with van der Waals surface area (Å²) in [6, 6.07) is 11.1. The zero-order chi connectivity index (χ0) is 18.6. The molecule has 142 valence electrons. The molecule has 1 aromatic carbocycles. The van der Waals surface area contributed by atoms with Crippen LogP contribution in [0.2, 0.25) is 0 Å². The van der Waals surface area contributed by atoms with Gasteiger partial charge < -0.3 is 9.72 Å². The monoisotopic (exact) mass is 413 g/mol. The molecule has 0 saturated carbocycles. The molecule has 2 N–H and O–H groups in total. The summed E-state index contributed by atoms with van der Waals surface area (Å²) in [5, 5.41) is 5.12. The molecule has 1 amide bonds. The van der Waals surface area contributed by atoms with Gasteiger partial charge in [0, 0.05) is 35.1 Å². The molecule has 0 unspecified atom stereocenters. The molecule has 4 aromatic rings. The van der Waals surface area contributed by atoms with Gasteiger partial charge >= 0.3 is 0 Å². The zero-order valence-electron chi connectivity index (χ0n) is 14.7. The summed E-state index contributed by atoms with van der Waals surface area (Å²) in [7, 11) is 1.61. The highest BCUT2D eigenvalue weighted by Crippen LogP contribution is 2.28. The van der Waals surface area contributed by atoms with Gasteiger partial charge in [0.05, 0.1) is 7.11 Å². The lowest BCUT2D eigenvalue weighted by Crippen LogP contribution is -2.13. The van der Waals surface area contributed by atoms with Crippen LogP contribution in [0.25, 0.3) is 22.6 Å². The highest BCUT2D eigenvalue weighted by molar-refractivity contribution is 7.13. The fourth-order valence-electron chi connectivity index (χ4n) is 2.61. The highest BCUT2D eigenvalue weighted by Gasteiger charge is 2.20. The molecule has 0 aliphatic heterocycles. The van der Waals surface area contributed by atoms with Crippen molar-refractivity contribution in [3.8, 4) is 28.4 Å². The SMILES string of the molecule is COc1cccc(-c2nc(-c3ccncc3)c(C(=O)Nc3nccs3)[nH]2)c1.Cl. The topological polar surface area (TPSA) is 92.8 Å². The Morgan fingerprint density at radius 3 is 2.68 bits per heavy atom. The summed E-state index contributed by atoms with van der Waals surface area (Å²) >= 11 is 1.35. The van der Waals surface area contributed by atoms with Gasteiger partial charge in [-0.1, -0.05) is 12.1 Å². The normalized spacial score (nSPS) is 10.2. The smallest absolute Gasteiger partial charge is 0.276 e. The van der Waals surface area contributed by atoms with E-state index >= 15 is 0 Å². The first kappa shape index (κ1) is 19.5. The van der Waals surface area contributed by atoms with E-state index in [1.807, 2.05) is 36.4 Å². The summed E-state index contributed by atoms with van der Waals surface area (Å²) in [4.78, 5) is 28.7. The molecule has 0 aliphatic rings. The Hall–Kier alpha value is -3.23. The Labute approximate surface area is 171 Å². The van der Waals surface area contributed by atoms with Crippen molar-refractivity contribution in [3.63, 3.8) is 0 Å². The van der Waals surface area contributed by atoms with E-state index in [1.165, 1.54) is 11.3 Å². The minimum Gasteiger partial charge on any atom is -0.497 e. The van der Waals surface area contributed by atoms with Crippen molar-refractivity contribution in [2.75, 3.05) is 12.4 Å². The van der Waals surface area contributed by atoms with E-state index in [1.54, 1.807) is 31.1 Å². The van der Waals surface area contributed by atoms with Crippen molar-refractivity contribution in [2.45, 2.75) is 0 Å². The molecule has 7 nitrogen and oxygen atoms in total. The number of halogens is 1. The summed E-state index contributed by atoms with van der Waals surface area (Å²) in [5.74, 6) is 0.978. The van der Waals surface area contributed by atoms with E-state index in [0.29, 0.717) is 28.1 Å². The Morgan fingerprint density at radius 2 is 1.96 bits per heavy atom. The second-order valence-corrected chi connectivity index (χ2v) is 6.46. The predicted molar refractivity (Wildman–Crippen MR) is 111 cm³/mol. The Balaban J connectivity index is 0.00000225. The molecular weight excluding hydrogens is 398 g/mol. The van der Waals surface area contributed by atoms with Gasteiger partial charge in [0.25, 0.3) is 5.91 Å². The Morgan fingerprint density at radius 1 is 1.14 bits per heavy atom. The van der Waals surface area contributed by atoms with Crippen LogP contribution in [0.15, 0.2) is 60.4 Å². The zero-order valence-corrected chi connectivity index (χ0v) is 16.4. The molecule has 0 spiro atoms. The molecule has 0 aliphatic carbocycles. The molecule has 3 heterocycles. The van der Waals surface area contributed by atoms with Gasteiger partial charge in [-0.25, -0.2) is 9.97 Å². The van der Waals surface area contributed by atoms with Crippen LogP contribution < -0.4 is 10.1 Å². The van der Waals surface area contributed by atoms with E-state index in [0.717, 1.165) is 11.1 Å². The number of pyridine rings is 1. The van der Waals surface area contributed by atoms with Gasteiger partial charge in [0.2, 0.25) is 0 Å². The molecule has 9 heteroatoms. The largest absolute Gasteiger partial charge is 0.497 e. The number of amides is 1. The lowest BCUT2D eigenvalue weighted by Gasteiger charge is -2.02. The number of anilines is 1. The van der Waals surface area contributed by atoms with Crippen LogP contribution in [0.5, 0.6) is 5.75 Å². The predicted octanol–water partition coefficient (Wildman–Crippen LogP) is 4.28. The third-order valence-electron chi connectivity index (χ3n) is 3.88. The van der Waals surface area contributed by atoms with Crippen LogP contribution in [-0.2, 0) is 0 Å². The first-order valence-corrected chi connectivity index (χ1v) is 8.98. The van der Waals surface area contributed by atoms with Gasteiger partial charge in [0.15, 0.2) is 5.13 Å². The number of aromatic nitrogens is 4. The minimum atomic E-state index is -0.307. The standard InChI is InChI=1S/C19H15N5O2S.ClH/c1-26-14-4-2-3-13(11-14)17-22-15(12-5-7-20-8-6-12)16(23-17)18(25)24-19-21-9-10-27-19;/h2-11H,1H3,(H,22,23)(H,21,24,25);1H. The van der Waals surface area contributed by atoms with Crippen molar-refractivity contribution in [2.24, 2.45) is 0 Å². The van der Waals surface area contributed by atoms with Crippen LogP contribution in [0.3, 0.4) is 0 Å². The number of ether oxygens (including phenoxy) is 1. The second kappa shape index (κ2) is 8.64. The van der Waals surface area contributed by atoms with E-state index in [2.05, 4.69) is 25.3 Å². The maximum atomic E-state index is 12.8. The summed E-state index contributed by atoms with van der Waals surface area (Å²) in [5.41, 5.74) is 2.51. The molecule has 0 radical (unpaired) electrons. The number of nitrogens with zero attached hydrogens (tertiary/aromatic N) is 3. The quantitative estimate of drug-likeness (QED) is 0.509. The number of nitrogens with one attached hydrogen (secondary N) is 2. The first-order valence-electron chi connectivity index (χ1n) is 8.10. The van der Waals surface area contributed by atoms with Crippen LogP contribution in [0, 0.1) is 0 Å². The number of imidazole rings is 1. The number of carbonyl (C=O) groups excluding carboxylic acids is 1. The summed E-state index contributed by atoms with van der Waals surface area (Å²) in [6.07, 6.45) is 4.97. The molecule has 0 fully saturated rings. The van der Waals surface area contributed by atoms with Gasteiger partial charge in [-0.2, -0.15) is 0 Å². The van der Waals surface area contributed by atoms with Crippen molar-refractivity contribution >= 4 is 34.8 Å². The highest BCUT2D eigenvalue weighted by atomic mass is 35.5. The van der Waals surface area contributed by atoms with Gasteiger partial charge in [-0.3, -0.25) is 15.1 Å². The average molecular weight is 414 g/mol. The minimum absolute atomic E-state index is 0. The van der Waals surface area contributed by atoms with Crippen molar-refractivity contribution in [1.29, 1.82) is 0 Å². The van der Waals surface area contributed by atoms with Crippen LogP contribution in [0.4, 0.5) is 5.13 Å². The first-order chi connectivity index (χ1) is 13.2. The second-order valence-electron chi connectivity index (χ2n) is 5.57. The maximum Gasteiger partial charge on any atom is 0.276 e. The maximum absolute atomic E-state index is 12.8. The van der Waals surface area contributed by atoms with Crippen LogP contribution in [0.1, 0.15) is 10.5 Å². The summed E-state index contributed by atoms with van der Waals surface area (Å²) in [6.45, 7) is 0. The number of aromatic amines is 1.